The minimum absolute atomic E-state index is 0.111. The van der Waals surface area contributed by atoms with Gasteiger partial charge in [-0.3, -0.25) is 4.79 Å². The molecule has 0 atom stereocenters. The second kappa shape index (κ2) is 9.58. The van der Waals surface area contributed by atoms with Crippen LogP contribution in [0, 0.1) is 0 Å². The molecule has 1 amide bonds. The van der Waals surface area contributed by atoms with E-state index >= 15 is 0 Å². The number of ether oxygens (including phenoxy) is 1. The fraction of sp³-hybridized carbons (Fsp3) is 0.182. The quantitative estimate of drug-likeness (QED) is 0.437. The molecule has 1 aromatic heterocycles. The van der Waals surface area contributed by atoms with Crippen LogP contribution in [0.1, 0.15) is 25.3 Å². The first-order valence-electron chi connectivity index (χ1n) is 9.12. The molecule has 29 heavy (non-hydrogen) atoms. The number of halogens is 1. The molecule has 1 N–H and O–H groups in total. The normalized spacial score (nSPS) is 10.6. The third kappa shape index (κ3) is 5.37. The maximum absolute atomic E-state index is 12.9. The van der Waals surface area contributed by atoms with Crippen LogP contribution < -0.4 is 9.64 Å². The highest BCUT2D eigenvalue weighted by atomic mass is 35.5. The molecular weight excluding hydrogens is 410 g/mol. The standard InChI is InChI=1S/C22H20ClNO4S/c1-2-7-20(25)24(14-15-8-6-11-17(23)12-15)18-13-19(16-9-4-3-5-10-16)29-21(18)28-22(26)27/h3-6,8-13H,2,7,14H2,1H3,(H,26,27). The van der Waals surface area contributed by atoms with Crippen molar-refractivity contribution >= 4 is 40.7 Å². The van der Waals surface area contributed by atoms with Gasteiger partial charge >= 0.3 is 6.16 Å². The predicted molar refractivity (Wildman–Crippen MR) is 116 cm³/mol. The largest absolute Gasteiger partial charge is 0.512 e. The number of anilines is 1. The van der Waals surface area contributed by atoms with Gasteiger partial charge in [0, 0.05) is 16.3 Å². The summed E-state index contributed by atoms with van der Waals surface area (Å²) in [6, 6.07) is 18.6. The maximum Gasteiger partial charge on any atom is 0.512 e. The molecule has 1 heterocycles. The van der Waals surface area contributed by atoms with Gasteiger partial charge < -0.3 is 14.7 Å². The molecule has 3 rings (SSSR count). The smallest absolute Gasteiger partial charge is 0.449 e. The highest BCUT2D eigenvalue weighted by Gasteiger charge is 2.24. The molecular formula is C22H20ClNO4S. The van der Waals surface area contributed by atoms with Crippen LogP contribution in [0.3, 0.4) is 0 Å². The summed E-state index contributed by atoms with van der Waals surface area (Å²) in [4.78, 5) is 26.5. The topological polar surface area (TPSA) is 66.8 Å². The summed E-state index contributed by atoms with van der Waals surface area (Å²) in [5.74, 6) is -0.111. The zero-order valence-electron chi connectivity index (χ0n) is 15.8. The molecule has 0 fully saturated rings. The molecule has 0 radical (unpaired) electrons. The van der Waals surface area contributed by atoms with E-state index < -0.39 is 6.16 Å². The second-order valence-corrected chi connectivity index (χ2v) is 7.83. The molecule has 0 aliphatic carbocycles. The fourth-order valence-electron chi connectivity index (χ4n) is 2.92. The molecule has 0 spiro atoms. The third-order valence-corrected chi connectivity index (χ3v) is 5.49. The third-order valence-electron chi connectivity index (χ3n) is 4.20. The summed E-state index contributed by atoms with van der Waals surface area (Å²) in [7, 11) is 0. The van der Waals surface area contributed by atoms with Crippen LogP contribution in [-0.4, -0.2) is 17.2 Å². The van der Waals surface area contributed by atoms with Crippen LogP contribution in [0.25, 0.3) is 10.4 Å². The van der Waals surface area contributed by atoms with Crippen molar-refractivity contribution in [3.63, 3.8) is 0 Å². The molecule has 0 saturated carbocycles. The predicted octanol–water partition coefficient (Wildman–Crippen LogP) is 6.46. The van der Waals surface area contributed by atoms with Gasteiger partial charge in [0.2, 0.25) is 11.0 Å². The Hall–Kier alpha value is -2.83. The Morgan fingerprint density at radius 2 is 1.86 bits per heavy atom. The first-order chi connectivity index (χ1) is 14.0. The van der Waals surface area contributed by atoms with E-state index in [0.717, 1.165) is 16.0 Å². The first kappa shape index (κ1) is 20.9. The van der Waals surface area contributed by atoms with E-state index in [1.807, 2.05) is 49.4 Å². The van der Waals surface area contributed by atoms with Gasteiger partial charge in [-0.05, 0) is 35.7 Å². The Kier molecular flexibility index (Phi) is 6.90. The van der Waals surface area contributed by atoms with Gasteiger partial charge in [-0.25, -0.2) is 4.79 Å². The van der Waals surface area contributed by atoms with Crippen molar-refractivity contribution in [2.24, 2.45) is 0 Å². The first-order valence-corrected chi connectivity index (χ1v) is 10.3. The number of carbonyl (C=O) groups is 2. The summed E-state index contributed by atoms with van der Waals surface area (Å²) in [6.07, 6.45) is -0.405. The van der Waals surface area contributed by atoms with Gasteiger partial charge in [-0.1, -0.05) is 72.3 Å². The lowest BCUT2D eigenvalue weighted by atomic mass is 10.1. The lowest BCUT2D eigenvalue weighted by Gasteiger charge is -2.22. The van der Waals surface area contributed by atoms with Crippen LogP contribution in [-0.2, 0) is 11.3 Å². The van der Waals surface area contributed by atoms with Crippen molar-refractivity contribution in [2.45, 2.75) is 26.3 Å². The SMILES string of the molecule is CCCC(=O)N(Cc1cccc(Cl)c1)c1cc(-c2ccccc2)sc1OC(=O)O. The van der Waals surface area contributed by atoms with E-state index in [-0.39, 0.29) is 17.5 Å². The number of carboxylic acid groups (broad SMARTS) is 1. The minimum atomic E-state index is -1.42. The Bertz CT molecular complexity index is 1000. The molecule has 0 aliphatic heterocycles. The van der Waals surface area contributed by atoms with Crippen molar-refractivity contribution in [2.75, 3.05) is 4.90 Å². The van der Waals surface area contributed by atoms with E-state index in [1.54, 1.807) is 23.1 Å². The van der Waals surface area contributed by atoms with Crippen molar-refractivity contribution in [1.29, 1.82) is 0 Å². The molecule has 0 aliphatic rings. The summed E-state index contributed by atoms with van der Waals surface area (Å²) >= 11 is 7.29. The average molecular weight is 430 g/mol. The van der Waals surface area contributed by atoms with Crippen molar-refractivity contribution in [3.05, 3.63) is 71.2 Å². The van der Waals surface area contributed by atoms with Gasteiger partial charge in [0.15, 0.2) is 0 Å². The summed E-state index contributed by atoms with van der Waals surface area (Å²) < 4.78 is 5.03. The zero-order chi connectivity index (χ0) is 20.8. The van der Waals surface area contributed by atoms with E-state index in [1.165, 1.54) is 11.3 Å². The molecule has 2 aromatic carbocycles. The minimum Gasteiger partial charge on any atom is -0.449 e. The van der Waals surface area contributed by atoms with Gasteiger partial charge in [0.1, 0.15) is 0 Å². The molecule has 0 unspecified atom stereocenters. The highest BCUT2D eigenvalue weighted by Crippen LogP contribution is 2.43. The van der Waals surface area contributed by atoms with Crippen molar-refractivity contribution < 1.29 is 19.4 Å². The van der Waals surface area contributed by atoms with Gasteiger partial charge in [-0.15, -0.1) is 0 Å². The number of thiophene rings is 1. The number of amides is 1. The van der Waals surface area contributed by atoms with Gasteiger partial charge in [0.25, 0.3) is 0 Å². The van der Waals surface area contributed by atoms with Gasteiger partial charge in [0.05, 0.1) is 12.2 Å². The van der Waals surface area contributed by atoms with Crippen LogP contribution in [0.5, 0.6) is 5.06 Å². The Balaban J connectivity index is 2.05. The van der Waals surface area contributed by atoms with E-state index in [4.69, 9.17) is 16.3 Å². The van der Waals surface area contributed by atoms with E-state index in [2.05, 4.69) is 0 Å². The number of benzene rings is 2. The van der Waals surface area contributed by atoms with Gasteiger partial charge in [-0.2, -0.15) is 0 Å². The Labute approximate surface area is 178 Å². The van der Waals surface area contributed by atoms with E-state index in [9.17, 15) is 14.7 Å². The number of hydrogen-bond donors (Lipinski definition) is 1. The monoisotopic (exact) mass is 429 g/mol. The van der Waals surface area contributed by atoms with E-state index in [0.29, 0.717) is 23.6 Å². The van der Waals surface area contributed by atoms with Crippen LogP contribution >= 0.6 is 22.9 Å². The average Bonchev–Trinajstić information content (AvgIpc) is 3.10. The molecule has 0 saturated heterocycles. The molecule has 150 valence electrons. The summed E-state index contributed by atoms with van der Waals surface area (Å²) in [5.41, 5.74) is 2.20. The van der Waals surface area contributed by atoms with Crippen molar-refractivity contribution in [3.8, 4) is 15.5 Å². The lowest BCUT2D eigenvalue weighted by molar-refractivity contribution is -0.118. The summed E-state index contributed by atoms with van der Waals surface area (Å²) in [6.45, 7) is 2.19. The number of hydrogen-bond acceptors (Lipinski definition) is 4. The summed E-state index contributed by atoms with van der Waals surface area (Å²) in [5, 5.41) is 9.93. The number of nitrogens with zero attached hydrogens (tertiary/aromatic N) is 1. The Morgan fingerprint density at radius 1 is 1.10 bits per heavy atom. The molecule has 0 bridgehead atoms. The second-order valence-electron chi connectivity index (χ2n) is 6.38. The number of rotatable bonds is 7. The molecule has 7 heteroatoms. The highest BCUT2D eigenvalue weighted by molar-refractivity contribution is 7.18. The van der Waals surface area contributed by atoms with Crippen LogP contribution in [0.15, 0.2) is 60.7 Å². The zero-order valence-corrected chi connectivity index (χ0v) is 17.4. The van der Waals surface area contributed by atoms with Crippen LogP contribution in [0.4, 0.5) is 10.5 Å². The Morgan fingerprint density at radius 3 is 2.52 bits per heavy atom. The number of carbonyl (C=O) groups excluding carboxylic acids is 1. The molecule has 3 aromatic rings. The maximum atomic E-state index is 12.9. The van der Waals surface area contributed by atoms with Crippen molar-refractivity contribution in [1.82, 2.24) is 0 Å². The lowest BCUT2D eigenvalue weighted by Crippen LogP contribution is -2.30. The fourth-order valence-corrected chi connectivity index (χ4v) is 4.15. The van der Waals surface area contributed by atoms with Crippen LogP contribution in [0.2, 0.25) is 5.02 Å². The molecule has 5 nitrogen and oxygen atoms in total.